The molecule has 0 amide bonds. The van der Waals surface area contributed by atoms with Crippen LogP contribution in [-0.2, 0) is 6.54 Å². The molecule has 0 aliphatic rings. The van der Waals surface area contributed by atoms with Gasteiger partial charge in [-0.1, -0.05) is 25.1 Å². The Morgan fingerprint density at radius 2 is 2.00 bits per heavy atom. The Kier molecular flexibility index (Phi) is 7.53. The summed E-state index contributed by atoms with van der Waals surface area (Å²) >= 11 is 0. The molecule has 0 radical (unpaired) electrons. The van der Waals surface area contributed by atoms with Crippen molar-refractivity contribution in [2.75, 3.05) is 26.7 Å². The van der Waals surface area contributed by atoms with Crippen LogP contribution in [0.3, 0.4) is 0 Å². The molecular formula is C16H28N2O. The van der Waals surface area contributed by atoms with Crippen LogP contribution in [0.1, 0.15) is 32.8 Å². The second-order valence-corrected chi connectivity index (χ2v) is 4.96. The summed E-state index contributed by atoms with van der Waals surface area (Å²) in [7, 11) is 2.18. The minimum absolute atomic E-state index is 0.650. The van der Waals surface area contributed by atoms with Crippen LogP contribution in [0.2, 0.25) is 0 Å². The number of hydrogen-bond acceptors (Lipinski definition) is 3. The summed E-state index contributed by atoms with van der Waals surface area (Å²) in [6.45, 7) is 10.2. The van der Waals surface area contributed by atoms with Gasteiger partial charge in [0.1, 0.15) is 5.75 Å². The molecule has 19 heavy (non-hydrogen) atoms. The molecule has 3 nitrogen and oxygen atoms in total. The van der Waals surface area contributed by atoms with E-state index in [1.807, 2.05) is 19.1 Å². The van der Waals surface area contributed by atoms with Crippen molar-refractivity contribution in [3.8, 4) is 5.75 Å². The molecule has 0 aromatic heterocycles. The molecule has 1 aromatic carbocycles. The van der Waals surface area contributed by atoms with E-state index in [1.54, 1.807) is 0 Å². The van der Waals surface area contributed by atoms with Crippen molar-refractivity contribution in [2.24, 2.45) is 0 Å². The summed E-state index contributed by atoms with van der Waals surface area (Å²) in [5.41, 5.74) is 1.23. The molecule has 0 spiro atoms. The van der Waals surface area contributed by atoms with Crippen LogP contribution in [0.25, 0.3) is 0 Å². The molecule has 0 aliphatic heterocycles. The zero-order valence-electron chi connectivity index (χ0n) is 12.8. The minimum Gasteiger partial charge on any atom is -0.494 e. The van der Waals surface area contributed by atoms with Gasteiger partial charge in [0.2, 0.25) is 0 Å². The number of rotatable bonds is 9. The molecule has 1 N–H and O–H groups in total. The van der Waals surface area contributed by atoms with E-state index in [1.165, 1.54) is 12.0 Å². The van der Waals surface area contributed by atoms with E-state index in [0.29, 0.717) is 12.6 Å². The van der Waals surface area contributed by atoms with E-state index in [2.05, 4.69) is 43.2 Å². The van der Waals surface area contributed by atoms with Gasteiger partial charge < -0.3 is 15.0 Å². The fourth-order valence-electron chi connectivity index (χ4n) is 1.96. The van der Waals surface area contributed by atoms with E-state index in [-0.39, 0.29) is 0 Å². The first-order valence-corrected chi connectivity index (χ1v) is 7.30. The molecule has 1 unspecified atom stereocenters. The van der Waals surface area contributed by atoms with Gasteiger partial charge in [-0.15, -0.1) is 0 Å². The normalized spacial score (nSPS) is 12.7. The smallest absolute Gasteiger partial charge is 0.123 e. The highest BCUT2D eigenvalue weighted by atomic mass is 16.5. The lowest BCUT2D eigenvalue weighted by molar-refractivity contribution is 0.251. The van der Waals surface area contributed by atoms with Crippen molar-refractivity contribution in [3.63, 3.8) is 0 Å². The summed E-state index contributed by atoms with van der Waals surface area (Å²) in [4.78, 5) is 2.39. The SMILES string of the molecule is CCOc1ccccc1CNCCN(C)C(C)CC. The Balaban J connectivity index is 2.33. The molecular weight excluding hydrogens is 236 g/mol. The first-order chi connectivity index (χ1) is 9.19. The first kappa shape index (κ1) is 16.0. The van der Waals surface area contributed by atoms with Gasteiger partial charge >= 0.3 is 0 Å². The second-order valence-electron chi connectivity index (χ2n) is 4.96. The molecule has 1 rings (SSSR count). The predicted molar refractivity (Wildman–Crippen MR) is 81.7 cm³/mol. The largest absolute Gasteiger partial charge is 0.494 e. The molecule has 1 aromatic rings. The van der Waals surface area contributed by atoms with Crippen LogP contribution < -0.4 is 10.1 Å². The van der Waals surface area contributed by atoms with Gasteiger partial charge in [0.05, 0.1) is 6.61 Å². The second kappa shape index (κ2) is 8.94. The van der Waals surface area contributed by atoms with Crippen molar-refractivity contribution in [3.05, 3.63) is 29.8 Å². The van der Waals surface area contributed by atoms with Crippen molar-refractivity contribution in [1.82, 2.24) is 10.2 Å². The van der Waals surface area contributed by atoms with Crippen molar-refractivity contribution in [2.45, 2.75) is 39.8 Å². The fourth-order valence-corrected chi connectivity index (χ4v) is 1.96. The van der Waals surface area contributed by atoms with Crippen LogP contribution >= 0.6 is 0 Å². The molecule has 0 saturated carbocycles. The quantitative estimate of drug-likeness (QED) is 0.694. The fraction of sp³-hybridized carbons (Fsp3) is 0.625. The number of nitrogens with zero attached hydrogens (tertiary/aromatic N) is 1. The Morgan fingerprint density at radius 1 is 1.26 bits per heavy atom. The van der Waals surface area contributed by atoms with Gasteiger partial charge in [0.25, 0.3) is 0 Å². The van der Waals surface area contributed by atoms with Crippen LogP contribution in [0.5, 0.6) is 5.75 Å². The molecule has 108 valence electrons. The summed E-state index contributed by atoms with van der Waals surface area (Å²) in [6.07, 6.45) is 1.20. The molecule has 0 heterocycles. The number of likely N-dealkylation sites (N-methyl/N-ethyl adjacent to an activating group) is 1. The molecule has 0 bridgehead atoms. The predicted octanol–water partition coefficient (Wildman–Crippen LogP) is 2.91. The average molecular weight is 264 g/mol. The third-order valence-electron chi connectivity index (χ3n) is 3.57. The Bertz CT molecular complexity index is 354. The maximum atomic E-state index is 5.62. The van der Waals surface area contributed by atoms with Gasteiger partial charge in [-0.3, -0.25) is 0 Å². The van der Waals surface area contributed by atoms with E-state index in [0.717, 1.165) is 25.4 Å². The summed E-state index contributed by atoms with van der Waals surface area (Å²) < 4.78 is 5.62. The monoisotopic (exact) mass is 264 g/mol. The average Bonchev–Trinajstić information content (AvgIpc) is 2.44. The Morgan fingerprint density at radius 3 is 2.68 bits per heavy atom. The first-order valence-electron chi connectivity index (χ1n) is 7.30. The highest BCUT2D eigenvalue weighted by Crippen LogP contribution is 2.17. The van der Waals surface area contributed by atoms with Crippen molar-refractivity contribution >= 4 is 0 Å². The molecule has 0 fully saturated rings. The van der Waals surface area contributed by atoms with E-state index in [9.17, 15) is 0 Å². The third-order valence-corrected chi connectivity index (χ3v) is 3.57. The number of benzene rings is 1. The van der Waals surface area contributed by atoms with Crippen molar-refractivity contribution < 1.29 is 4.74 Å². The molecule has 1 atom stereocenters. The Hall–Kier alpha value is -1.06. The van der Waals surface area contributed by atoms with Gasteiger partial charge in [-0.05, 0) is 33.4 Å². The van der Waals surface area contributed by atoms with Crippen LogP contribution in [0.15, 0.2) is 24.3 Å². The molecule has 3 heteroatoms. The van der Waals surface area contributed by atoms with E-state index < -0.39 is 0 Å². The maximum absolute atomic E-state index is 5.62. The van der Waals surface area contributed by atoms with Crippen LogP contribution in [0.4, 0.5) is 0 Å². The lowest BCUT2D eigenvalue weighted by Crippen LogP contribution is -2.34. The highest BCUT2D eigenvalue weighted by molar-refractivity contribution is 5.33. The van der Waals surface area contributed by atoms with Crippen LogP contribution in [0, 0.1) is 0 Å². The van der Waals surface area contributed by atoms with Gasteiger partial charge in [0, 0.05) is 31.2 Å². The lowest BCUT2D eigenvalue weighted by atomic mass is 10.2. The summed E-state index contributed by atoms with van der Waals surface area (Å²) in [6, 6.07) is 8.88. The summed E-state index contributed by atoms with van der Waals surface area (Å²) in [5.74, 6) is 0.993. The zero-order chi connectivity index (χ0) is 14.1. The third kappa shape index (κ3) is 5.62. The zero-order valence-corrected chi connectivity index (χ0v) is 12.8. The maximum Gasteiger partial charge on any atom is 0.123 e. The van der Waals surface area contributed by atoms with Gasteiger partial charge in [0.15, 0.2) is 0 Å². The number of para-hydroxylation sites is 1. The standard InChI is InChI=1S/C16H28N2O/c1-5-14(3)18(4)12-11-17-13-15-9-7-8-10-16(15)19-6-2/h7-10,14,17H,5-6,11-13H2,1-4H3. The minimum atomic E-state index is 0.650. The highest BCUT2D eigenvalue weighted by Gasteiger charge is 2.06. The van der Waals surface area contributed by atoms with Gasteiger partial charge in [-0.2, -0.15) is 0 Å². The van der Waals surface area contributed by atoms with Crippen LogP contribution in [-0.4, -0.2) is 37.7 Å². The van der Waals surface area contributed by atoms with Gasteiger partial charge in [-0.25, -0.2) is 0 Å². The Labute approximate surface area is 118 Å². The number of ether oxygens (including phenoxy) is 1. The lowest BCUT2D eigenvalue weighted by Gasteiger charge is -2.23. The number of hydrogen-bond donors (Lipinski definition) is 1. The van der Waals surface area contributed by atoms with E-state index in [4.69, 9.17) is 4.74 Å². The van der Waals surface area contributed by atoms with Crippen molar-refractivity contribution in [1.29, 1.82) is 0 Å². The summed E-state index contributed by atoms with van der Waals surface area (Å²) in [5, 5.41) is 3.49. The number of nitrogens with one attached hydrogen (secondary N) is 1. The topological polar surface area (TPSA) is 24.5 Å². The molecule has 0 aliphatic carbocycles. The van der Waals surface area contributed by atoms with E-state index >= 15 is 0 Å². The molecule has 0 saturated heterocycles.